The van der Waals surface area contributed by atoms with Gasteiger partial charge in [-0.1, -0.05) is 30.3 Å². The Morgan fingerprint density at radius 1 is 0.971 bits per heavy atom. The number of nitrogens with one attached hydrogen (secondary N) is 1. The van der Waals surface area contributed by atoms with Crippen LogP contribution in [0.15, 0.2) is 60.8 Å². The molecule has 4 rings (SSSR count). The standard InChI is InChI=1S/C25H29N5O4/c1-28-18-21(24(27-28)33-2)25(32)30-16-14-29(15-17-30)13-12-26-23(31)20-10-6-7-11-22(20)34-19-8-4-3-5-9-19/h3-11,18H,12-17H2,1-2H3,(H,26,31). The molecular weight excluding hydrogens is 434 g/mol. The summed E-state index contributed by atoms with van der Waals surface area (Å²) in [7, 11) is 3.27. The summed E-state index contributed by atoms with van der Waals surface area (Å²) in [6.07, 6.45) is 1.68. The first-order chi connectivity index (χ1) is 16.5. The lowest BCUT2D eigenvalue weighted by Gasteiger charge is -2.34. The number of para-hydroxylation sites is 2. The van der Waals surface area contributed by atoms with Crippen LogP contribution in [-0.2, 0) is 7.05 Å². The number of carbonyl (C=O) groups is 2. The fourth-order valence-electron chi connectivity index (χ4n) is 3.89. The molecule has 1 N–H and O–H groups in total. The number of hydrogen-bond donors (Lipinski definition) is 1. The summed E-state index contributed by atoms with van der Waals surface area (Å²) in [5.41, 5.74) is 0.967. The van der Waals surface area contributed by atoms with Crippen molar-refractivity contribution in [1.82, 2.24) is 24.9 Å². The lowest BCUT2D eigenvalue weighted by atomic mass is 10.2. The molecule has 0 radical (unpaired) electrons. The highest BCUT2D eigenvalue weighted by molar-refractivity contribution is 5.97. The maximum atomic E-state index is 12.8. The fourth-order valence-corrected chi connectivity index (χ4v) is 3.89. The van der Waals surface area contributed by atoms with Crippen LogP contribution in [0.1, 0.15) is 20.7 Å². The van der Waals surface area contributed by atoms with Crippen LogP contribution < -0.4 is 14.8 Å². The number of piperazine rings is 1. The Kier molecular flexibility index (Phi) is 7.44. The molecule has 2 amide bonds. The molecule has 0 bridgehead atoms. The molecule has 2 heterocycles. The zero-order valence-corrected chi connectivity index (χ0v) is 19.4. The van der Waals surface area contributed by atoms with Crippen molar-refractivity contribution in [2.24, 2.45) is 7.05 Å². The average Bonchev–Trinajstić information content (AvgIpc) is 3.25. The summed E-state index contributed by atoms with van der Waals surface area (Å²) in [5.74, 6) is 1.29. The van der Waals surface area contributed by atoms with Crippen LogP contribution in [0.3, 0.4) is 0 Å². The molecule has 0 unspecified atom stereocenters. The van der Waals surface area contributed by atoms with E-state index in [0.29, 0.717) is 54.7 Å². The van der Waals surface area contributed by atoms with Gasteiger partial charge in [0.15, 0.2) is 0 Å². The number of aromatic nitrogens is 2. The highest BCUT2D eigenvalue weighted by atomic mass is 16.5. The number of aryl methyl sites for hydroxylation is 1. The van der Waals surface area contributed by atoms with Crippen LogP contribution in [0.4, 0.5) is 0 Å². The van der Waals surface area contributed by atoms with E-state index in [9.17, 15) is 9.59 Å². The number of benzene rings is 2. The molecule has 3 aromatic rings. The number of methoxy groups -OCH3 is 1. The summed E-state index contributed by atoms with van der Waals surface area (Å²) in [6.45, 7) is 3.89. The average molecular weight is 464 g/mol. The molecule has 34 heavy (non-hydrogen) atoms. The summed E-state index contributed by atoms with van der Waals surface area (Å²) in [5, 5.41) is 7.14. The Labute approximate surface area is 198 Å². The topological polar surface area (TPSA) is 88.9 Å². The van der Waals surface area contributed by atoms with Crippen LogP contribution >= 0.6 is 0 Å². The number of amides is 2. The first-order valence-corrected chi connectivity index (χ1v) is 11.2. The van der Waals surface area contributed by atoms with Gasteiger partial charge in [0.2, 0.25) is 5.88 Å². The third kappa shape index (κ3) is 5.55. The number of nitrogens with zero attached hydrogens (tertiary/aromatic N) is 4. The number of ether oxygens (including phenoxy) is 2. The molecule has 1 aromatic heterocycles. The van der Waals surface area contributed by atoms with Crippen molar-refractivity contribution in [3.8, 4) is 17.4 Å². The van der Waals surface area contributed by atoms with Gasteiger partial charge in [0.05, 0.1) is 12.7 Å². The zero-order valence-electron chi connectivity index (χ0n) is 19.4. The largest absolute Gasteiger partial charge is 0.479 e. The SMILES string of the molecule is COc1nn(C)cc1C(=O)N1CCN(CCNC(=O)c2ccccc2Oc2ccccc2)CC1. The Morgan fingerprint density at radius 2 is 1.68 bits per heavy atom. The minimum absolute atomic E-state index is 0.0760. The first-order valence-electron chi connectivity index (χ1n) is 11.2. The van der Waals surface area contributed by atoms with Gasteiger partial charge in [0.1, 0.15) is 17.1 Å². The van der Waals surface area contributed by atoms with Gasteiger partial charge < -0.3 is 19.7 Å². The Morgan fingerprint density at radius 3 is 2.41 bits per heavy atom. The van der Waals surface area contributed by atoms with Gasteiger partial charge >= 0.3 is 0 Å². The maximum Gasteiger partial charge on any atom is 0.261 e. The number of rotatable bonds is 8. The van der Waals surface area contributed by atoms with E-state index in [1.165, 1.54) is 7.11 Å². The van der Waals surface area contributed by atoms with E-state index in [-0.39, 0.29) is 11.8 Å². The minimum atomic E-state index is -0.177. The normalized spacial score (nSPS) is 14.0. The van der Waals surface area contributed by atoms with Gasteiger partial charge in [-0.3, -0.25) is 19.2 Å². The maximum absolute atomic E-state index is 12.8. The van der Waals surface area contributed by atoms with Crippen molar-refractivity contribution in [2.75, 3.05) is 46.4 Å². The molecule has 9 heteroatoms. The van der Waals surface area contributed by atoms with Crippen LogP contribution in [-0.4, -0.2) is 77.8 Å². The molecule has 0 atom stereocenters. The van der Waals surface area contributed by atoms with Crippen LogP contribution in [0.5, 0.6) is 17.4 Å². The second kappa shape index (κ2) is 10.8. The van der Waals surface area contributed by atoms with Gasteiger partial charge in [-0.2, -0.15) is 0 Å². The smallest absolute Gasteiger partial charge is 0.261 e. The minimum Gasteiger partial charge on any atom is -0.479 e. The third-order valence-electron chi connectivity index (χ3n) is 5.69. The van der Waals surface area contributed by atoms with E-state index in [0.717, 1.165) is 13.1 Å². The van der Waals surface area contributed by atoms with E-state index in [1.807, 2.05) is 47.4 Å². The zero-order chi connectivity index (χ0) is 23.9. The predicted octanol–water partition coefficient (Wildman–Crippen LogP) is 2.41. The van der Waals surface area contributed by atoms with E-state index in [1.54, 1.807) is 30.1 Å². The molecule has 2 aromatic carbocycles. The summed E-state index contributed by atoms with van der Waals surface area (Å²) < 4.78 is 12.7. The molecule has 178 valence electrons. The van der Waals surface area contributed by atoms with Crippen molar-refractivity contribution < 1.29 is 19.1 Å². The second-order valence-electron chi connectivity index (χ2n) is 8.03. The van der Waals surface area contributed by atoms with Gasteiger partial charge in [0, 0.05) is 52.5 Å². The predicted molar refractivity (Wildman–Crippen MR) is 127 cm³/mol. The second-order valence-corrected chi connectivity index (χ2v) is 8.03. The first kappa shape index (κ1) is 23.3. The lowest BCUT2D eigenvalue weighted by molar-refractivity contribution is 0.0635. The quantitative estimate of drug-likeness (QED) is 0.552. The van der Waals surface area contributed by atoms with Crippen molar-refractivity contribution in [3.63, 3.8) is 0 Å². The van der Waals surface area contributed by atoms with E-state index < -0.39 is 0 Å². The number of hydrogen-bond acceptors (Lipinski definition) is 6. The van der Waals surface area contributed by atoms with E-state index in [2.05, 4.69) is 15.3 Å². The number of carbonyl (C=O) groups excluding carboxylic acids is 2. The summed E-state index contributed by atoms with van der Waals surface area (Å²) in [6, 6.07) is 16.6. The summed E-state index contributed by atoms with van der Waals surface area (Å²) >= 11 is 0. The molecule has 1 saturated heterocycles. The monoisotopic (exact) mass is 463 g/mol. The van der Waals surface area contributed by atoms with Crippen LogP contribution in [0, 0.1) is 0 Å². The van der Waals surface area contributed by atoms with Gasteiger partial charge in [-0.25, -0.2) is 0 Å². The van der Waals surface area contributed by atoms with Gasteiger partial charge in [0.25, 0.3) is 11.8 Å². The molecule has 1 aliphatic rings. The fraction of sp³-hybridized carbons (Fsp3) is 0.320. The highest BCUT2D eigenvalue weighted by Crippen LogP contribution is 2.25. The molecular formula is C25H29N5O4. The van der Waals surface area contributed by atoms with Crippen molar-refractivity contribution in [1.29, 1.82) is 0 Å². The molecule has 0 aliphatic carbocycles. The van der Waals surface area contributed by atoms with E-state index in [4.69, 9.17) is 9.47 Å². The Balaban J connectivity index is 1.25. The van der Waals surface area contributed by atoms with Gasteiger partial charge in [-0.05, 0) is 24.3 Å². The van der Waals surface area contributed by atoms with E-state index >= 15 is 0 Å². The molecule has 9 nitrogen and oxygen atoms in total. The third-order valence-corrected chi connectivity index (χ3v) is 5.69. The highest BCUT2D eigenvalue weighted by Gasteiger charge is 2.26. The van der Waals surface area contributed by atoms with Crippen LogP contribution in [0.2, 0.25) is 0 Å². The van der Waals surface area contributed by atoms with Crippen molar-refractivity contribution in [3.05, 3.63) is 71.9 Å². The molecule has 0 saturated carbocycles. The molecule has 1 aliphatic heterocycles. The Bertz CT molecular complexity index is 1120. The van der Waals surface area contributed by atoms with Crippen LogP contribution in [0.25, 0.3) is 0 Å². The Hall–Kier alpha value is -3.85. The van der Waals surface area contributed by atoms with Gasteiger partial charge in [-0.15, -0.1) is 5.10 Å². The molecule has 1 fully saturated rings. The summed E-state index contributed by atoms with van der Waals surface area (Å²) in [4.78, 5) is 29.6. The lowest BCUT2D eigenvalue weighted by Crippen LogP contribution is -2.50. The van der Waals surface area contributed by atoms with Crippen molar-refractivity contribution in [2.45, 2.75) is 0 Å². The molecule has 0 spiro atoms. The van der Waals surface area contributed by atoms with Crippen molar-refractivity contribution >= 4 is 11.8 Å².